The van der Waals surface area contributed by atoms with Crippen LogP contribution in [0.25, 0.3) is 0 Å². The van der Waals surface area contributed by atoms with Crippen LogP contribution in [0, 0.1) is 12.7 Å². The van der Waals surface area contributed by atoms with Crippen molar-refractivity contribution in [3.8, 4) is 0 Å². The third kappa shape index (κ3) is 3.44. The van der Waals surface area contributed by atoms with Gasteiger partial charge in [0.25, 0.3) is 0 Å². The number of rotatable bonds is 4. The van der Waals surface area contributed by atoms with Crippen molar-refractivity contribution >= 4 is 5.78 Å². The molecule has 0 radical (unpaired) electrons. The maximum atomic E-state index is 12.9. The molecule has 0 saturated heterocycles. The maximum Gasteiger partial charge on any atom is 0.176 e. The summed E-state index contributed by atoms with van der Waals surface area (Å²) in [6.07, 6.45) is 0. The van der Waals surface area contributed by atoms with Crippen LogP contribution in [0.1, 0.15) is 29.8 Å². The number of hydrogen-bond donors (Lipinski definition) is 1. The molecule has 0 bridgehead atoms. The molecule has 15 heavy (non-hydrogen) atoms. The van der Waals surface area contributed by atoms with Crippen LogP contribution in [0.3, 0.4) is 0 Å². The smallest absolute Gasteiger partial charge is 0.176 e. The minimum absolute atomic E-state index is 0.00759. The van der Waals surface area contributed by atoms with Crippen LogP contribution in [0.15, 0.2) is 18.2 Å². The van der Waals surface area contributed by atoms with Crippen LogP contribution in [-0.2, 0) is 0 Å². The summed E-state index contributed by atoms with van der Waals surface area (Å²) >= 11 is 0. The Balaban J connectivity index is 2.70. The number of carbonyl (C=O) groups is 1. The van der Waals surface area contributed by atoms with Gasteiger partial charge in [0, 0.05) is 11.6 Å². The quantitative estimate of drug-likeness (QED) is 0.771. The number of halogens is 1. The van der Waals surface area contributed by atoms with Gasteiger partial charge in [0.15, 0.2) is 5.78 Å². The standard InChI is InChI=1S/C12H16FNO/c1-8(2)14-7-12(15)10-4-5-11(13)9(3)6-10/h4-6,8,14H,7H2,1-3H3. The van der Waals surface area contributed by atoms with Crippen LogP contribution in [0.2, 0.25) is 0 Å². The van der Waals surface area contributed by atoms with Gasteiger partial charge < -0.3 is 5.32 Å². The molecular formula is C12H16FNO. The second-order valence-corrected chi connectivity index (χ2v) is 3.92. The molecule has 0 fully saturated rings. The van der Waals surface area contributed by atoms with E-state index < -0.39 is 0 Å². The molecule has 0 aliphatic carbocycles. The minimum Gasteiger partial charge on any atom is -0.307 e. The van der Waals surface area contributed by atoms with Crippen molar-refractivity contribution < 1.29 is 9.18 Å². The summed E-state index contributed by atoms with van der Waals surface area (Å²) in [6.45, 7) is 5.90. The largest absolute Gasteiger partial charge is 0.307 e. The molecule has 0 aliphatic heterocycles. The normalized spacial score (nSPS) is 10.7. The van der Waals surface area contributed by atoms with E-state index in [-0.39, 0.29) is 17.6 Å². The zero-order valence-corrected chi connectivity index (χ0v) is 9.30. The summed E-state index contributed by atoms with van der Waals surface area (Å²) in [5.41, 5.74) is 1.06. The van der Waals surface area contributed by atoms with Crippen LogP contribution in [0.5, 0.6) is 0 Å². The van der Waals surface area contributed by atoms with Gasteiger partial charge in [-0.3, -0.25) is 4.79 Å². The van der Waals surface area contributed by atoms with Crippen molar-refractivity contribution in [1.82, 2.24) is 5.32 Å². The van der Waals surface area contributed by atoms with E-state index in [1.54, 1.807) is 13.0 Å². The molecule has 0 unspecified atom stereocenters. The molecule has 0 saturated carbocycles. The highest BCUT2D eigenvalue weighted by atomic mass is 19.1. The van der Waals surface area contributed by atoms with Crippen molar-refractivity contribution in [2.45, 2.75) is 26.8 Å². The molecule has 0 spiro atoms. The first-order valence-corrected chi connectivity index (χ1v) is 5.03. The second-order valence-electron chi connectivity index (χ2n) is 3.92. The molecule has 0 aliphatic rings. The fourth-order valence-electron chi connectivity index (χ4n) is 1.22. The lowest BCUT2D eigenvalue weighted by atomic mass is 10.1. The van der Waals surface area contributed by atoms with Gasteiger partial charge in [-0.2, -0.15) is 0 Å². The third-order valence-electron chi connectivity index (χ3n) is 2.15. The molecule has 1 aromatic carbocycles. The van der Waals surface area contributed by atoms with Crippen molar-refractivity contribution in [3.05, 3.63) is 35.1 Å². The van der Waals surface area contributed by atoms with Gasteiger partial charge in [-0.25, -0.2) is 4.39 Å². The summed E-state index contributed by atoms with van der Waals surface area (Å²) in [5, 5.41) is 3.03. The van der Waals surface area contributed by atoms with Gasteiger partial charge in [-0.1, -0.05) is 13.8 Å². The lowest BCUT2D eigenvalue weighted by molar-refractivity contribution is 0.0988. The molecule has 0 atom stereocenters. The molecule has 2 nitrogen and oxygen atoms in total. The molecule has 0 aromatic heterocycles. The molecule has 1 N–H and O–H groups in total. The van der Waals surface area contributed by atoms with E-state index in [2.05, 4.69) is 5.32 Å². The molecule has 1 aromatic rings. The zero-order chi connectivity index (χ0) is 11.4. The Hall–Kier alpha value is -1.22. The summed E-state index contributed by atoms with van der Waals surface area (Å²) in [6, 6.07) is 4.71. The van der Waals surface area contributed by atoms with Gasteiger partial charge in [0.05, 0.1) is 6.54 Å². The van der Waals surface area contributed by atoms with Gasteiger partial charge >= 0.3 is 0 Å². The van der Waals surface area contributed by atoms with E-state index >= 15 is 0 Å². The average Bonchev–Trinajstić information content (AvgIpc) is 2.18. The highest BCUT2D eigenvalue weighted by Gasteiger charge is 2.07. The SMILES string of the molecule is Cc1cc(C(=O)CNC(C)C)ccc1F. The Morgan fingerprint density at radius 3 is 2.67 bits per heavy atom. The van der Waals surface area contributed by atoms with Crippen LogP contribution in [0.4, 0.5) is 4.39 Å². The summed E-state index contributed by atoms with van der Waals surface area (Å²) in [7, 11) is 0. The van der Waals surface area contributed by atoms with Crippen molar-refractivity contribution in [2.24, 2.45) is 0 Å². The van der Waals surface area contributed by atoms with E-state index in [1.807, 2.05) is 13.8 Å². The van der Waals surface area contributed by atoms with E-state index in [4.69, 9.17) is 0 Å². The number of benzene rings is 1. The topological polar surface area (TPSA) is 29.1 Å². The number of ketones is 1. The fourth-order valence-corrected chi connectivity index (χ4v) is 1.22. The summed E-state index contributed by atoms with van der Waals surface area (Å²) < 4.78 is 12.9. The number of hydrogen-bond acceptors (Lipinski definition) is 2. The lowest BCUT2D eigenvalue weighted by Crippen LogP contribution is -2.29. The predicted octanol–water partition coefficient (Wildman–Crippen LogP) is 2.31. The Morgan fingerprint density at radius 2 is 2.13 bits per heavy atom. The molecule has 3 heteroatoms. The van der Waals surface area contributed by atoms with E-state index in [1.165, 1.54) is 12.1 Å². The Bertz CT molecular complexity index is 361. The first kappa shape index (κ1) is 11.9. The number of aryl methyl sites for hydroxylation is 1. The third-order valence-corrected chi connectivity index (χ3v) is 2.15. The van der Waals surface area contributed by atoms with Gasteiger partial charge in [0.1, 0.15) is 5.82 Å². The number of nitrogens with one attached hydrogen (secondary N) is 1. The highest BCUT2D eigenvalue weighted by molar-refractivity contribution is 5.97. The second kappa shape index (κ2) is 5.03. The highest BCUT2D eigenvalue weighted by Crippen LogP contribution is 2.09. The van der Waals surface area contributed by atoms with E-state index in [9.17, 15) is 9.18 Å². The predicted molar refractivity (Wildman–Crippen MR) is 58.6 cm³/mol. The zero-order valence-electron chi connectivity index (χ0n) is 9.30. The fraction of sp³-hybridized carbons (Fsp3) is 0.417. The number of Topliss-reactive ketones (excluding diaryl/α,β-unsaturated/α-hetero) is 1. The van der Waals surface area contributed by atoms with E-state index in [0.717, 1.165) is 0 Å². The first-order valence-electron chi connectivity index (χ1n) is 5.03. The van der Waals surface area contributed by atoms with Crippen LogP contribution >= 0.6 is 0 Å². The Kier molecular flexibility index (Phi) is 3.97. The molecule has 0 amide bonds. The molecular weight excluding hydrogens is 193 g/mol. The Labute approximate surface area is 89.5 Å². The average molecular weight is 209 g/mol. The van der Waals surface area contributed by atoms with Gasteiger partial charge in [-0.05, 0) is 30.7 Å². The maximum absolute atomic E-state index is 12.9. The molecule has 0 heterocycles. The van der Waals surface area contributed by atoms with Crippen molar-refractivity contribution in [3.63, 3.8) is 0 Å². The lowest BCUT2D eigenvalue weighted by Gasteiger charge is -2.07. The van der Waals surface area contributed by atoms with Crippen LogP contribution in [-0.4, -0.2) is 18.4 Å². The van der Waals surface area contributed by atoms with Gasteiger partial charge in [-0.15, -0.1) is 0 Å². The summed E-state index contributed by atoms with van der Waals surface area (Å²) in [4.78, 5) is 11.6. The molecule has 1 rings (SSSR count). The molecule has 82 valence electrons. The van der Waals surface area contributed by atoms with E-state index in [0.29, 0.717) is 17.7 Å². The Morgan fingerprint density at radius 1 is 1.47 bits per heavy atom. The van der Waals surface area contributed by atoms with Crippen molar-refractivity contribution in [1.29, 1.82) is 0 Å². The monoisotopic (exact) mass is 209 g/mol. The van der Waals surface area contributed by atoms with Crippen molar-refractivity contribution in [2.75, 3.05) is 6.54 Å². The van der Waals surface area contributed by atoms with Gasteiger partial charge in [0.2, 0.25) is 0 Å². The van der Waals surface area contributed by atoms with Crippen LogP contribution < -0.4 is 5.32 Å². The summed E-state index contributed by atoms with van der Waals surface area (Å²) in [5.74, 6) is -0.282. The first-order chi connectivity index (χ1) is 7.00. The minimum atomic E-state index is -0.275. The number of carbonyl (C=O) groups excluding carboxylic acids is 1.